The zero-order chi connectivity index (χ0) is 37.3. The molecule has 4 aliphatic heterocycles. The monoisotopic (exact) mass is 731 g/mol. The van der Waals surface area contributed by atoms with Crippen LogP contribution in [0.3, 0.4) is 0 Å². The number of fused-ring (bicyclic) bond motifs is 2. The molecule has 0 fully saturated rings. The van der Waals surface area contributed by atoms with E-state index in [2.05, 4.69) is 48.0 Å². The molecule has 4 aromatic carbocycles. The summed E-state index contributed by atoms with van der Waals surface area (Å²) in [5.41, 5.74) is 6.92. The fourth-order valence-electron chi connectivity index (χ4n) is 7.59. The lowest BCUT2D eigenvalue weighted by atomic mass is 9.86. The molecule has 6 bridgehead atoms. The van der Waals surface area contributed by atoms with Crippen molar-refractivity contribution in [3.63, 3.8) is 0 Å². The van der Waals surface area contributed by atoms with Gasteiger partial charge in [0.1, 0.15) is 11.5 Å². The summed E-state index contributed by atoms with van der Waals surface area (Å²) in [5, 5.41) is 12.7. The molecule has 0 saturated carbocycles. The first-order valence-electron chi connectivity index (χ1n) is 16.8. The van der Waals surface area contributed by atoms with Crippen LogP contribution in [-0.2, 0) is 36.3 Å². The van der Waals surface area contributed by atoms with Gasteiger partial charge in [-0.25, -0.2) is 0 Å². The van der Waals surface area contributed by atoms with Gasteiger partial charge >= 0.3 is 16.3 Å². The van der Waals surface area contributed by atoms with Crippen molar-refractivity contribution in [3.8, 4) is 40.2 Å². The minimum absolute atomic E-state index is 0.0677. The number of hydrogen-bond acceptors (Lipinski definition) is 12. The van der Waals surface area contributed by atoms with Crippen LogP contribution in [0.15, 0.2) is 54.6 Å². The molecular formula is C38H41N3O10S. The van der Waals surface area contributed by atoms with E-state index in [4.69, 9.17) is 36.3 Å². The first-order chi connectivity index (χ1) is 24.9. The van der Waals surface area contributed by atoms with Crippen LogP contribution in [0.1, 0.15) is 51.0 Å². The second-order valence-corrected chi connectivity index (χ2v) is 13.6. The summed E-state index contributed by atoms with van der Waals surface area (Å²) in [6, 6.07) is 18.4. The van der Waals surface area contributed by atoms with Crippen LogP contribution >= 0.6 is 0 Å². The lowest BCUT2D eigenvalue weighted by molar-refractivity contribution is -0.386. The Morgan fingerprint density at radius 1 is 0.788 bits per heavy atom. The Balaban J connectivity index is 0.00000110. The van der Waals surface area contributed by atoms with Crippen LogP contribution < -0.4 is 23.7 Å². The van der Waals surface area contributed by atoms with Crippen molar-refractivity contribution in [2.45, 2.75) is 44.7 Å². The molecule has 0 amide bonds. The standard InChI is InChI=1S/C38H41N3O7.O3S/c1-22-17-25-13-15-39(2)29-18-23-7-10-26(11-8-23)47-33-20-24(9-12-31(33)44-4)19-30-34-27(14-16-40(30)3)35(41(42)43)37(45-5)38(46-6)36(34)48-32(22)21-28(25)29;1-4(2)3/h7-12,17,20-21,29-30H,13-16,18-19H2,1-6H3;/t29-,30-;/m0./s1. The molecule has 0 spiro atoms. The van der Waals surface area contributed by atoms with Crippen molar-refractivity contribution in [2.24, 2.45) is 0 Å². The van der Waals surface area contributed by atoms with Crippen molar-refractivity contribution in [2.75, 3.05) is 48.5 Å². The number of rotatable bonds is 4. The number of methoxy groups -OCH3 is 3. The predicted octanol–water partition coefficient (Wildman–Crippen LogP) is 6.37. The Hall–Kier alpha value is -5.18. The molecule has 0 radical (unpaired) electrons. The maximum atomic E-state index is 12.7. The molecule has 8 rings (SSSR count). The quantitative estimate of drug-likeness (QED) is 0.170. The Labute approximate surface area is 303 Å². The smallest absolute Gasteiger partial charge is 0.425 e. The zero-order valence-electron chi connectivity index (χ0n) is 29.9. The van der Waals surface area contributed by atoms with Crippen molar-refractivity contribution in [1.82, 2.24) is 9.80 Å². The number of nitro benzene ring substituents is 1. The Morgan fingerprint density at radius 3 is 2.08 bits per heavy atom. The van der Waals surface area contributed by atoms with Crippen LogP contribution in [0.5, 0.6) is 40.2 Å². The van der Waals surface area contributed by atoms with Crippen molar-refractivity contribution in [1.29, 1.82) is 0 Å². The maximum absolute atomic E-state index is 12.7. The zero-order valence-corrected chi connectivity index (χ0v) is 30.7. The van der Waals surface area contributed by atoms with Gasteiger partial charge in [-0.2, -0.15) is 0 Å². The number of ether oxygens (including phenoxy) is 5. The van der Waals surface area contributed by atoms with Gasteiger partial charge in [0.25, 0.3) is 0 Å². The van der Waals surface area contributed by atoms with E-state index in [1.165, 1.54) is 30.9 Å². The Morgan fingerprint density at radius 2 is 1.42 bits per heavy atom. The van der Waals surface area contributed by atoms with E-state index in [1.54, 1.807) is 7.11 Å². The molecule has 0 saturated heterocycles. The average Bonchev–Trinajstić information content (AvgIpc) is 3.11. The molecule has 0 N–H and O–H groups in total. The average molecular weight is 732 g/mol. The van der Waals surface area contributed by atoms with Crippen LogP contribution in [0, 0.1) is 17.0 Å². The minimum Gasteiger partial charge on any atom is -0.493 e. The van der Waals surface area contributed by atoms with Crippen molar-refractivity contribution < 1.29 is 41.2 Å². The fourth-order valence-corrected chi connectivity index (χ4v) is 7.59. The summed E-state index contributed by atoms with van der Waals surface area (Å²) in [4.78, 5) is 17.0. The van der Waals surface area contributed by atoms with Gasteiger partial charge in [-0.1, -0.05) is 24.3 Å². The lowest BCUT2D eigenvalue weighted by Crippen LogP contribution is -2.34. The fraction of sp³-hybridized carbons (Fsp3) is 0.368. The normalized spacial score (nSPS) is 17.9. The largest absolute Gasteiger partial charge is 0.493 e. The van der Waals surface area contributed by atoms with Gasteiger partial charge in [-0.15, -0.1) is 12.6 Å². The Bertz CT molecular complexity index is 2120. The highest BCUT2D eigenvalue weighted by atomic mass is 32.2. The first-order valence-corrected chi connectivity index (χ1v) is 17.8. The predicted molar refractivity (Wildman–Crippen MR) is 192 cm³/mol. The molecule has 13 nitrogen and oxygen atoms in total. The van der Waals surface area contributed by atoms with Gasteiger partial charge in [-0.3, -0.25) is 19.9 Å². The highest BCUT2D eigenvalue weighted by Gasteiger charge is 2.41. The van der Waals surface area contributed by atoms with Crippen molar-refractivity contribution in [3.05, 3.63) is 104 Å². The second-order valence-electron chi connectivity index (χ2n) is 13.1. The lowest BCUT2D eigenvalue weighted by Gasteiger charge is -2.37. The van der Waals surface area contributed by atoms with Gasteiger partial charge < -0.3 is 23.7 Å². The van der Waals surface area contributed by atoms with Crippen LogP contribution in [-0.4, -0.2) is 75.9 Å². The number of aryl methyl sites for hydroxylation is 1. The van der Waals surface area contributed by atoms with Gasteiger partial charge in [0.05, 0.1) is 26.3 Å². The van der Waals surface area contributed by atoms with E-state index >= 15 is 0 Å². The van der Waals surface area contributed by atoms with E-state index in [1.807, 2.05) is 37.4 Å². The molecule has 0 unspecified atom stereocenters. The van der Waals surface area contributed by atoms with Crippen LogP contribution in [0.4, 0.5) is 5.69 Å². The third kappa shape index (κ3) is 7.14. The van der Waals surface area contributed by atoms with Gasteiger partial charge in [0.2, 0.25) is 11.5 Å². The molecule has 2 atom stereocenters. The van der Waals surface area contributed by atoms with Crippen molar-refractivity contribution >= 4 is 16.3 Å². The van der Waals surface area contributed by atoms with Crippen LogP contribution in [0.2, 0.25) is 0 Å². The molecule has 0 aromatic heterocycles. The molecule has 52 heavy (non-hydrogen) atoms. The Kier molecular flexibility index (Phi) is 10.7. The van der Waals surface area contributed by atoms with E-state index < -0.39 is 10.6 Å². The van der Waals surface area contributed by atoms with Crippen LogP contribution in [0.25, 0.3) is 0 Å². The summed E-state index contributed by atoms with van der Waals surface area (Å²) < 4.78 is 56.1. The molecule has 14 heteroatoms. The van der Waals surface area contributed by atoms with Gasteiger partial charge in [0, 0.05) is 36.3 Å². The summed E-state index contributed by atoms with van der Waals surface area (Å²) in [6.45, 7) is 3.62. The first kappa shape index (κ1) is 36.6. The molecule has 4 aliphatic rings. The molecule has 0 aliphatic carbocycles. The molecule has 4 heterocycles. The highest BCUT2D eigenvalue weighted by Crippen LogP contribution is 2.55. The second kappa shape index (κ2) is 15.2. The number of nitro groups is 1. The summed E-state index contributed by atoms with van der Waals surface area (Å²) in [7, 11) is 5.66. The summed E-state index contributed by atoms with van der Waals surface area (Å²) >= 11 is 0. The topological polar surface area (TPSA) is 147 Å². The third-order valence-electron chi connectivity index (χ3n) is 10.2. The third-order valence-corrected chi connectivity index (χ3v) is 10.2. The summed E-state index contributed by atoms with van der Waals surface area (Å²) in [6.07, 6.45) is 2.73. The number of hydrogen-bond donors (Lipinski definition) is 0. The SMILES string of the molecule is COc1ccc2cc1Oc1ccc(cc1)C[C@H]1c3cc(c(C)cc3CCN1C)Oc1c(OC)c(OC)c([N+](=O)[O-])c3c1[C@H](C2)N(C)CC3.O=S(=O)=O. The number of nitrogens with zero attached hydrogens (tertiary/aromatic N) is 3. The number of likely N-dealkylation sites (N-methyl/N-ethyl adjacent to an activating group) is 2. The highest BCUT2D eigenvalue weighted by molar-refractivity contribution is 7.59. The minimum atomic E-state index is -3.11. The summed E-state index contributed by atoms with van der Waals surface area (Å²) in [5.74, 6) is 3.34. The van der Waals surface area contributed by atoms with E-state index in [9.17, 15) is 10.1 Å². The van der Waals surface area contributed by atoms with E-state index in [-0.39, 0.29) is 34.2 Å². The molecule has 274 valence electrons. The van der Waals surface area contributed by atoms with Gasteiger partial charge in [0.15, 0.2) is 17.2 Å². The van der Waals surface area contributed by atoms with E-state index in [0.29, 0.717) is 53.7 Å². The number of benzene rings is 4. The maximum Gasteiger partial charge on any atom is 0.425 e. The van der Waals surface area contributed by atoms with E-state index in [0.717, 1.165) is 36.1 Å². The van der Waals surface area contributed by atoms with Gasteiger partial charge in [-0.05, 0) is 105 Å². The molecular weight excluding hydrogens is 690 g/mol. The molecule has 4 aromatic rings.